The fourth-order valence-corrected chi connectivity index (χ4v) is 2.57. The van der Waals surface area contributed by atoms with Gasteiger partial charge in [-0.15, -0.1) is 0 Å². The summed E-state index contributed by atoms with van der Waals surface area (Å²) in [6.45, 7) is 4.33. The van der Waals surface area contributed by atoms with Gasteiger partial charge in [-0.05, 0) is 25.5 Å². The number of nitrogens with zero attached hydrogens (tertiary/aromatic N) is 3. The van der Waals surface area contributed by atoms with E-state index in [1.54, 1.807) is 29.7 Å². The molecule has 1 aromatic heterocycles. The van der Waals surface area contributed by atoms with Crippen LogP contribution in [0.1, 0.15) is 32.3 Å². The molecule has 1 atom stereocenters. The molecule has 0 spiro atoms. The SMILES string of the molecule is CCCC(C)(N)C(=O)N(C)Cc1cnn(-c2ccccc2)c1. The fraction of sp³-hybridized carbons (Fsp3) is 0.412. The molecule has 0 bridgehead atoms. The van der Waals surface area contributed by atoms with Crippen LogP contribution in [0, 0.1) is 0 Å². The van der Waals surface area contributed by atoms with Crippen LogP contribution in [0.4, 0.5) is 0 Å². The van der Waals surface area contributed by atoms with Crippen LogP contribution in [0.25, 0.3) is 5.69 Å². The van der Waals surface area contributed by atoms with Crippen LogP contribution in [-0.2, 0) is 11.3 Å². The summed E-state index contributed by atoms with van der Waals surface area (Å²) in [7, 11) is 1.78. The summed E-state index contributed by atoms with van der Waals surface area (Å²) in [5.41, 5.74) is 7.28. The van der Waals surface area contributed by atoms with Gasteiger partial charge < -0.3 is 10.6 Å². The summed E-state index contributed by atoms with van der Waals surface area (Å²) in [5, 5.41) is 4.34. The maximum Gasteiger partial charge on any atom is 0.242 e. The first-order valence-corrected chi connectivity index (χ1v) is 7.57. The zero-order chi connectivity index (χ0) is 16.2. The lowest BCUT2D eigenvalue weighted by molar-refractivity contribution is -0.135. The molecule has 0 aliphatic heterocycles. The number of para-hydroxylation sites is 1. The Balaban J connectivity index is 2.05. The van der Waals surface area contributed by atoms with E-state index >= 15 is 0 Å². The van der Waals surface area contributed by atoms with E-state index in [0.29, 0.717) is 13.0 Å². The zero-order valence-corrected chi connectivity index (χ0v) is 13.5. The molecule has 118 valence electrons. The van der Waals surface area contributed by atoms with Crippen molar-refractivity contribution in [3.63, 3.8) is 0 Å². The molecule has 1 aromatic carbocycles. The molecule has 5 heteroatoms. The molecule has 0 saturated carbocycles. The van der Waals surface area contributed by atoms with E-state index < -0.39 is 5.54 Å². The Bertz CT molecular complexity index is 619. The van der Waals surface area contributed by atoms with Crippen LogP contribution < -0.4 is 5.73 Å². The maximum atomic E-state index is 12.4. The monoisotopic (exact) mass is 300 g/mol. The molecule has 0 saturated heterocycles. The Labute approximate surface area is 131 Å². The van der Waals surface area contributed by atoms with E-state index in [0.717, 1.165) is 17.7 Å². The van der Waals surface area contributed by atoms with Crippen molar-refractivity contribution in [3.8, 4) is 5.69 Å². The highest BCUT2D eigenvalue weighted by atomic mass is 16.2. The van der Waals surface area contributed by atoms with E-state index in [1.807, 2.05) is 43.5 Å². The second-order valence-corrected chi connectivity index (χ2v) is 5.96. The van der Waals surface area contributed by atoms with Crippen molar-refractivity contribution in [2.75, 3.05) is 7.05 Å². The standard InChI is InChI=1S/C17H24N4O/c1-4-10-17(2,18)16(22)20(3)12-14-11-19-21(13-14)15-8-6-5-7-9-15/h5-9,11,13H,4,10,12,18H2,1-3H3. The van der Waals surface area contributed by atoms with Gasteiger partial charge in [-0.25, -0.2) is 4.68 Å². The van der Waals surface area contributed by atoms with Gasteiger partial charge in [0.25, 0.3) is 0 Å². The Hall–Kier alpha value is -2.14. The molecule has 2 N–H and O–H groups in total. The lowest BCUT2D eigenvalue weighted by Crippen LogP contribution is -2.51. The average Bonchev–Trinajstić information content (AvgIpc) is 2.95. The van der Waals surface area contributed by atoms with E-state index in [9.17, 15) is 4.79 Å². The minimum absolute atomic E-state index is 0.0400. The maximum absolute atomic E-state index is 12.4. The molecular weight excluding hydrogens is 276 g/mol. The van der Waals surface area contributed by atoms with Gasteiger partial charge in [0.15, 0.2) is 0 Å². The topological polar surface area (TPSA) is 64.2 Å². The Morgan fingerprint density at radius 3 is 2.68 bits per heavy atom. The third-order valence-electron chi connectivity index (χ3n) is 3.68. The van der Waals surface area contributed by atoms with Crippen molar-refractivity contribution in [1.29, 1.82) is 0 Å². The molecule has 5 nitrogen and oxygen atoms in total. The number of likely N-dealkylation sites (N-methyl/N-ethyl adjacent to an activating group) is 1. The van der Waals surface area contributed by atoms with Crippen molar-refractivity contribution < 1.29 is 4.79 Å². The minimum Gasteiger partial charge on any atom is -0.340 e. The van der Waals surface area contributed by atoms with Gasteiger partial charge in [0.05, 0.1) is 17.4 Å². The highest BCUT2D eigenvalue weighted by molar-refractivity contribution is 5.85. The van der Waals surface area contributed by atoms with E-state index in [4.69, 9.17) is 5.73 Å². The van der Waals surface area contributed by atoms with Crippen LogP contribution >= 0.6 is 0 Å². The normalized spacial score (nSPS) is 13.6. The van der Waals surface area contributed by atoms with Crippen LogP contribution in [-0.4, -0.2) is 33.2 Å². The van der Waals surface area contributed by atoms with E-state index in [1.165, 1.54) is 0 Å². The van der Waals surface area contributed by atoms with Crippen molar-refractivity contribution in [1.82, 2.24) is 14.7 Å². The smallest absolute Gasteiger partial charge is 0.242 e. The predicted octanol–water partition coefficient (Wildman–Crippen LogP) is 2.35. The number of carbonyl (C=O) groups excluding carboxylic acids is 1. The molecule has 22 heavy (non-hydrogen) atoms. The fourth-order valence-electron chi connectivity index (χ4n) is 2.57. The molecule has 0 radical (unpaired) electrons. The number of nitrogens with two attached hydrogens (primary N) is 1. The summed E-state index contributed by atoms with van der Waals surface area (Å²) in [6, 6.07) is 9.89. The second-order valence-electron chi connectivity index (χ2n) is 5.96. The molecule has 0 aliphatic carbocycles. The first-order valence-electron chi connectivity index (χ1n) is 7.57. The number of benzene rings is 1. The first kappa shape index (κ1) is 16.2. The number of amides is 1. The van der Waals surface area contributed by atoms with E-state index in [2.05, 4.69) is 5.10 Å². The number of hydrogen-bond acceptors (Lipinski definition) is 3. The minimum atomic E-state index is -0.807. The number of carbonyl (C=O) groups is 1. The lowest BCUT2D eigenvalue weighted by atomic mass is 9.96. The summed E-state index contributed by atoms with van der Waals surface area (Å²) < 4.78 is 1.81. The number of hydrogen-bond donors (Lipinski definition) is 1. The van der Waals surface area contributed by atoms with Gasteiger partial charge in [0, 0.05) is 25.4 Å². The third kappa shape index (κ3) is 3.74. The van der Waals surface area contributed by atoms with Crippen LogP contribution in [0.5, 0.6) is 0 Å². The van der Waals surface area contributed by atoms with Crippen LogP contribution in [0.15, 0.2) is 42.7 Å². The van der Waals surface area contributed by atoms with Crippen molar-refractivity contribution in [2.45, 2.75) is 38.8 Å². The van der Waals surface area contributed by atoms with Crippen LogP contribution in [0.3, 0.4) is 0 Å². The van der Waals surface area contributed by atoms with Gasteiger partial charge in [-0.1, -0.05) is 31.5 Å². The van der Waals surface area contributed by atoms with Gasteiger partial charge >= 0.3 is 0 Å². The zero-order valence-electron chi connectivity index (χ0n) is 13.5. The van der Waals surface area contributed by atoms with Crippen molar-refractivity contribution >= 4 is 5.91 Å². The summed E-state index contributed by atoms with van der Waals surface area (Å²) in [6.07, 6.45) is 5.29. The molecular formula is C17H24N4O. The quantitative estimate of drug-likeness (QED) is 0.890. The third-order valence-corrected chi connectivity index (χ3v) is 3.68. The molecule has 0 aliphatic rings. The second kappa shape index (κ2) is 6.75. The molecule has 1 unspecified atom stereocenters. The van der Waals surface area contributed by atoms with Gasteiger partial charge in [0.2, 0.25) is 5.91 Å². The summed E-state index contributed by atoms with van der Waals surface area (Å²) >= 11 is 0. The molecule has 1 heterocycles. The Morgan fingerprint density at radius 2 is 2.05 bits per heavy atom. The predicted molar refractivity (Wildman–Crippen MR) is 87.5 cm³/mol. The molecule has 2 rings (SSSR count). The largest absolute Gasteiger partial charge is 0.340 e. The molecule has 2 aromatic rings. The average molecular weight is 300 g/mol. The highest BCUT2D eigenvalue weighted by Crippen LogP contribution is 2.15. The first-order chi connectivity index (χ1) is 10.4. The lowest BCUT2D eigenvalue weighted by Gasteiger charge is -2.28. The van der Waals surface area contributed by atoms with Crippen LogP contribution in [0.2, 0.25) is 0 Å². The highest BCUT2D eigenvalue weighted by Gasteiger charge is 2.30. The van der Waals surface area contributed by atoms with Crippen molar-refractivity contribution in [3.05, 3.63) is 48.3 Å². The van der Waals surface area contributed by atoms with Gasteiger partial charge in [0.1, 0.15) is 0 Å². The molecule has 0 fully saturated rings. The van der Waals surface area contributed by atoms with E-state index in [-0.39, 0.29) is 5.91 Å². The van der Waals surface area contributed by atoms with Crippen molar-refractivity contribution in [2.24, 2.45) is 5.73 Å². The number of rotatable bonds is 6. The Kier molecular flexibility index (Phi) is 4.98. The summed E-state index contributed by atoms with van der Waals surface area (Å²) in [4.78, 5) is 14.1. The summed E-state index contributed by atoms with van der Waals surface area (Å²) in [5.74, 6) is -0.0400. The molecule has 1 amide bonds. The van der Waals surface area contributed by atoms with Gasteiger partial charge in [-0.3, -0.25) is 4.79 Å². The Morgan fingerprint density at radius 1 is 1.36 bits per heavy atom. The van der Waals surface area contributed by atoms with Gasteiger partial charge in [-0.2, -0.15) is 5.10 Å². The number of aromatic nitrogens is 2.